The molecular weight excluding hydrogens is 320 g/mol. The van der Waals surface area contributed by atoms with Gasteiger partial charge in [0.25, 0.3) is 0 Å². The van der Waals surface area contributed by atoms with E-state index in [-0.39, 0.29) is 0 Å². The van der Waals surface area contributed by atoms with E-state index in [1.54, 1.807) is 7.11 Å². The Morgan fingerprint density at radius 2 is 1.50 bits per heavy atom. The zero-order valence-electron chi connectivity index (χ0n) is 14.9. The number of aryl methyl sites for hydroxylation is 2. The summed E-state index contributed by atoms with van der Waals surface area (Å²) < 4.78 is 7.74. The predicted octanol–water partition coefficient (Wildman–Crippen LogP) is 4.88. The van der Waals surface area contributed by atoms with Gasteiger partial charge in [0, 0.05) is 19.0 Å². The number of rotatable bonds is 6. The fourth-order valence-electron chi connectivity index (χ4n) is 3.31. The number of ether oxygens (including phenoxy) is 1. The van der Waals surface area contributed by atoms with E-state index >= 15 is 0 Å². The van der Waals surface area contributed by atoms with Crippen LogP contribution in [-0.4, -0.2) is 16.7 Å². The predicted molar refractivity (Wildman–Crippen MR) is 106 cm³/mol. The molecule has 0 atom stereocenters. The van der Waals surface area contributed by atoms with E-state index in [1.807, 2.05) is 12.1 Å². The molecular formula is C23H22N2O. The molecule has 4 rings (SSSR count). The second-order valence-corrected chi connectivity index (χ2v) is 6.44. The van der Waals surface area contributed by atoms with Crippen molar-refractivity contribution < 1.29 is 4.74 Å². The summed E-state index contributed by atoms with van der Waals surface area (Å²) in [5, 5.41) is 0. The number of hydrogen-bond donors (Lipinski definition) is 0. The highest BCUT2D eigenvalue weighted by Crippen LogP contribution is 2.24. The highest BCUT2D eigenvalue weighted by atomic mass is 16.5. The summed E-state index contributed by atoms with van der Waals surface area (Å²) in [4.78, 5) is 4.91. The van der Waals surface area contributed by atoms with Crippen molar-refractivity contribution in [3.63, 3.8) is 0 Å². The molecule has 0 unspecified atom stereocenters. The quantitative estimate of drug-likeness (QED) is 0.499. The fraction of sp³-hybridized carbons (Fsp3) is 0.174. The van der Waals surface area contributed by atoms with Gasteiger partial charge in [-0.3, -0.25) is 0 Å². The van der Waals surface area contributed by atoms with Crippen LogP contribution in [-0.2, 0) is 19.4 Å². The minimum Gasteiger partial charge on any atom is -0.497 e. The molecule has 3 heteroatoms. The van der Waals surface area contributed by atoms with Crippen molar-refractivity contribution in [2.24, 2.45) is 0 Å². The molecule has 0 amide bonds. The van der Waals surface area contributed by atoms with Gasteiger partial charge in [-0.25, -0.2) is 4.98 Å². The van der Waals surface area contributed by atoms with Crippen LogP contribution in [0, 0.1) is 0 Å². The lowest BCUT2D eigenvalue weighted by Crippen LogP contribution is -2.06. The van der Waals surface area contributed by atoms with E-state index in [1.165, 1.54) is 11.1 Å². The normalized spacial score (nSPS) is 11.0. The molecule has 1 heterocycles. The molecule has 3 aromatic carbocycles. The minimum absolute atomic E-state index is 0.814. The topological polar surface area (TPSA) is 27.1 Å². The summed E-state index contributed by atoms with van der Waals surface area (Å²) in [6, 6.07) is 27.2. The number of benzene rings is 3. The molecule has 0 radical (unpaired) electrons. The Bertz CT molecular complexity index is 991. The maximum atomic E-state index is 5.42. The molecule has 0 bridgehead atoms. The number of fused-ring (bicyclic) bond motifs is 1. The number of hydrogen-bond acceptors (Lipinski definition) is 2. The van der Waals surface area contributed by atoms with Crippen LogP contribution in [0.1, 0.15) is 17.0 Å². The summed E-state index contributed by atoms with van der Waals surface area (Å²) in [6.45, 7) is 0.814. The Kier molecular flexibility index (Phi) is 4.69. The van der Waals surface area contributed by atoms with Gasteiger partial charge in [0.15, 0.2) is 0 Å². The van der Waals surface area contributed by atoms with E-state index < -0.39 is 0 Å². The van der Waals surface area contributed by atoms with Gasteiger partial charge in [-0.05, 0) is 29.7 Å². The molecule has 0 aliphatic heterocycles. The molecule has 0 fully saturated rings. The molecule has 0 aliphatic rings. The van der Waals surface area contributed by atoms with Gasteiger partial charge in [-0.15, -0.1) is 0 Å². The molecule has 0 spiro atoms. The highest BCUT2D eigenvalue weighted by molar-refractivity contribution is 5.78. The molecule has 0 aliphatic carbocycles. The first-order valence-corrected chi connectivity index (χ1v) is 8.94. The van der Waals surface area contributed by atoms with Crippen molar-refractivity contribution in [1.29, 1.82) is 0 Å². The second-order valence-electron chi connectivity index (χ2n) is 6.44. The van der Waals surface area contributed by atoms with Crippen LogP contribution < -0.4 is 4.74 Å². The van der Waals surface area contributed by atoms with Gasteiger partial charge in [0.1, 0.15) is 11.6 Å². The lowest BCUT2D eigenvalue weighted by Gasteiger charge is -2.10. The van der Waals surface area contributed by atoms with Gasteiger partial charge in [-0.2, -0.15) is 0 Å². The summed E-state index contributed by atoms with van der Waals surface area (Å²) in [7, 11) is 1.70. The van der Waals surface area contributed by atoms with E-state index in [9.17, 15) is 0 Å². The van der Waals surface area contributed by atoms with Gasteiger partial charge >= 0.3 is 0 Å². The Morgan fingerprint density at radius 1 is 0.808 bits per heavy atom. The van der Waals surface area contributed by atoms with E-state index in [4.69, 9.17) is 9.72 Å². The fourth-order valence-corrected chi connectivity index (χ4v) is 3.31. The van der Waals surface area contributed by atoms with Crippen LogP contribution in [0.2, 0.25) is 0 Å². The first kappa shape index (κ1) is 16.4. The maximum Gasteiger partial charge on any atom is 0.121 e. The van der Waals surface area contributed by atoms with E-state index in [2.05, 4.69) is 71.3 Å². The van der Waals surface area contributed by atoms with Crippen molar-refractivity contribution in [1.82, 2.24) is 9.55 Å². The van der Waals surface area contributed by atoms with Crippen LogP contribution in [0.3, 0.4) is 0 Å². The largest absolute Gasteiger partial charge is 0.497 e. The first-order valence-electron chi connectivity index (χ1n) is 8.94. The third-order valence-corrected chi connectivity index (χ3v) is 4.70. The lowest BCUT2D eigenvalue weighted by atomic mass is 10.1. The van der Waals surface area contributed by atoms with Gasteiger partial charge < -0.3 is 9.30 Å². The summed E-state index contributed by atoms with van der Waals surface area (Å²) in [5.74, 6) is 1.97. The van der Waals surface area contributed by atoms with Crippen LogP contribution in [0.15, 0.2) is 78.9 Å². The van der Waals surface area contributed by atoms with E-state index in [0.29, 0.717) is 0 Å². The number of nitrogens with zero attached hydrogens (tertiary/aromatic N) is 2. The third kappa shape index (κ3) is 3.47. The van der Waals surface area contributed by atoms with Crippen molar-refractivity contribution in [3.05, 3.63) is 95.8 Å². The van der Waals surface area contributed by atoms with Gasteiger partial charge in [0.05, 0.1) is 18.1 Å². The Labute approximate surface area is 153 Å². The number of methoxy groups -OCH3 is 1. The van der Waals surface area contributed by atoms with Crippen LogP contribution in [0.4, 0.5) is 0 Å². The average molecular weight is 342 g/mol. The lowest BCUT2D eigenvalue weighted by molar-refractivity contribution is 0.415. The van der Waals surface area contributed by atoms with Crippen molar-refractivity contribution in [3.8, 4) is 5.75 Å². The first-order chi connectivity index (χ1) is 12.8. The Morgan fingerprint density at radius 3 is 2.19 bits per heavy atom. The van der Waals surface area contributed by atoms with Crippen molar-refractivity contribution in [2.45, 2.75) is 19.4 Å². The molecule has 1 aromatic heterocycles. The molecule has 3 nitrogen and oxygen atoms in total. The van der Waals surface area contributed by atoms with Gasteiger partial charge in [0.2, 0.25) is 0 Å². The van der Waals surface area contributed by atoms with Crippen LogP contribution in [0.5, 0.6) is 5.75 Å². The number of imidazole rings is 1. The molecule has 0 N–H and O–H groups in total. The molecule has 0 saturated carbocycles. The Balaban J connectivity index is 1.71. The van der Waals surface area contributed by atoms with Gasteiger partial charge in [-0.1, -0.05) is 60.7 Å². The number of aromatic nitrogens is 2. The summed E-state index contributed by atoms with van der Waals surface area (Å²) >= 11 is 0. The SMILES string of the molecule is COc1ccc2nc(CCc3ccccc3)n(Cc3ccccc3)c2c1. The third-order valence-electron chi connectivity index (χ3n) is 4.70. The zero-order chi connectivity index (χ0) is 17.8. The van der Waals surface area contributed by atoms with E-state index in [0.717, 1.165) is 42.0 Å². The van der Waals surface area contributed by atoms with Crippen molar-refractivity contribution in [2.75, 3.05) is 7.11 Å². The smallest absolute Gasteiger partial charge is 0.121 e. The second kappa shape index (κ2) is 7.44. The van der Waals surface area contributed by atoms with Crippen molar-refractivity contribution >= 4 is 11.0 Å². The molecule has 0 saturated heterocycles. The summed E-state index contributed by atoms with van der Waals surface area (Å²) in [5.41, 5.74) is 4.75. The minimum atomic E-state index is 0.814. The Hall–Kier alpha value is -3.07. The maximum absolute atomic E-state index is 5.42. The summed E-state index contributed by atoms with van der Waals surface area (Å²) in [6.07, 6.45) is 1.89. The van der Waals surface area contributed by atoms with Crippen LogP contribution in [0.25, 0.3) is 11.0 Å². The standard InChI is InChI=1S/C23H22N2O/c1-26-20-13-14-21-22(16-20)25(17-19-10-6-3-7-11-19)23(24-21)15-12-18-8-4-2-5-9-18/h2-11,13-14,16H,12,15,17H2,1H3. The highest BCUT2D eigenvalue weighted by Gasteiger charge is 2.12. The monoisotopic (exact) mass is 342 g/mol. The molecule has 130 valence electrons. The molecule has 26 heavy (non-hydrogen) atoms. The average Bonchev–Trinajstić information content (AvgIpc) is 3.04. The van der Waals surface area contributed by atoms with Crippen LogP contribution >= 0.6 is 0 Å². The zero-order valence-corrected chi connectivity index (χ0v) is 14.9. The molecule has 4 aromatic rings.